The summed E-state index contributed by atoms with van der Waals surface area (Å²) in [5.74, 6) is 0.777. The van der Waals surface area contributed by atoms with E-state index in [9.17, 15) is 22.8 Å². The van der Waals surface area contributed by atoms with Crippen LogP contribution in [-0.2, 0) is 18.6 Å². The topological polar surface area (TPSA) is 85.6 Å². The van der Waals surface area contributed by atoms with Gasteiger partial charge in [0.25, 0.3) is 5.56 Å². The number of carbonyl (C=O) groups is 1. The van der Waals surface area contributed by atoms with E-state index in [0.29, 0.717) is 12.0 Å². The average Bonchev–Trinajstić information content (AvgIpc) is 3.34. The molecule has 10 heteroatoms. The van der Waals surface area contributed by atoms with Gasteiger partial charge in [0, 0.05) is 24.3 Å². The minimum Gasteiger partial charge on any atom is -0.348 e. The van der Waals surface area contributed by atoms with Crippen LogP contribution in [0.15, 0.2) is 47.7 Å². The zero-order valence-electron chi connectivity index (χ0n) is 17.0. The first-order valence-corrected chi connectivity index (χ1v) is 10.0. The van der Waals surface area contributed by atoms with E-state index in [1.165, 1.54) is 0 Å². The van der Waals surface area contributed by atoms with Gasteiger partial charge in [0.05, 0.1) is 16.7 Å². The molecule has 0 saturated heterocycles. The van der Waals surface area contributed by atoms with Gasteiger partial charge >= 0.3 is 6.18 Å². The third kappa shape index (κ3) is 2.89. The van der Waals surface area contributed by atoms with Crippen LogP contribution in [0.2, 0.25) is 0 Å². The summed E-state index contributed by atoms with van der Waals surface area (Å²) >= 11 is 0. The van der Waals surface area contributed by atoms with Gasteiger partial charge in [0.15, 0.2) is 6.29 Å². The molecule has 1 fully saturated rings. The average molecular weight is 441 g/mol. The number of benzene rings is 1. The highest BCUT2D eigenvalue weighted by atomic mass is 19.4. The lowest BCUT2D eigenvalue weighted by Crippen LogP contribution is -2.38. The molecule has 0 aliphatic heterocycles. The minimum absolute atomic E-state index is 0.0928. The molecule has 32 heavy (non-hydrogen) atoms. The number of fused-ring (bicyclic) bond motifs is 1. The summed E-state index contributed by atoms with van der Waals surface area (Å²) in [5, 5.41) is 7.91. The number of aldehydes is 1. The standard InChI is InChI=1S/C22H18F3N5O2/c1-29-12-26-28-20(29)21(6-3-7-21)13-4-2-5-15(8-13)30-10-17(22(23,24)25)16-9-14(11-31)27-18(16)19(30)32/h2,4-5,8-12,27H,3,6-7H2,1H3. The van der Waals surface area contributed by atoms with Crippen molar-refractivity contribution in [3.8, 4) is 5.69 Å². The summed E-state index contributed by atoms with van der Waals surface area (Å²) in [6, 6.07) is 7.97. The van der Waals surface area contributed by atoms with E-state index >= 15 is 0 Å². The van der Waals surface area contributed by atoms with E-state index in [1.807, 2.05) is 17.7 Å². The maximum Gasteiger partial charge on any atom is 0.418 e. The Hall–Kier alpha value is -3.69. The van der Waals surface area contributed by atoms with E-state index in [1.54, 1.807) is 24.5 Å². The van der Waals surface area contributed by atoms with E-state index in [-0.39, 0.29) is 16.6 Å². The Labute approximate surface area is 179 Å². The Morgan fingerprint density at radius 1 is 1.22 bits per heavy atom. The van der Waals surface area contributed by atoms with Crippen molar-refractivity contribution < 1.29 is 18.0 Å². The lowest BCUT2D eigenvalue weighted by atomic mass is 9.63. The van der Waals surface area contributed by atoms with Crippen molar-refractivity contribution in [3.63, 3.8) is 0 Å². The Morgan fingerprint density at radius 3 is 2.59 bits per heavy atom. The number of H-pyrrole nitrogens is 1. The smallest absolute Gasteiger partial charge is 0.348 e. The van der Waals surface area contributed by atoms with Crippen LogP contribution < -0.4 is 5.56 Å². The molecule has 1 aliphatic carbocycles. The molecule has 0 unspecified atom stereocenters. The first-order valence-electron chi connectivity index (χ1n) is 10.0. The molecule has 7 nitrogen and oxygen atoms in total. The summed E-state index contributed by atoms with van der Waals surface area (Å²) in [6.07, 6.45) is 0.713. The van der Waals surface area contributed by atoms with Gasteiger partial charge in [-0.2, -0.15) is 13.2 Å². The molecular formula is C22H18F3N5O2. The van der Waals surface area contributed by atoms with Gasteiger partial charge in [-0.3, -0.25) is 14.2 Å². The van der Waals surface area contributed by atoms with Gasteiger partial charge in [-0.25, -0.2) is 0 Å². The third-order valence-electron chi connectivity index (χ3n) is 6.28. The summed E-state index contributed by atoms with van der Waals surface area (Å²) in [7, 11) is 1.85. The summed E-state index contributed by atoms with van der Waals surface area (Å²) < 4.78 is 44.2. The zero-order valence-corrected chi connectivity index (χ0v) is 17.0. The molecule has 0 bridgehead atoms. The van der Waals surface area contributed by atoms with Gasteiger partial charge in [0.1, 0.15) is 17.7 Å². The first kappa shape index (κ1) is 20.2. The van der Waals surface area contributed by atoms with Crippen molar-refractivity contribution in [1.82, 2.24) is 24.3 Å². The van der Waals surface area contributed by atoms with E-state index in [4.69, 9.17) is 0 Å². The van der Waals surface area contributed by atoms with E-state index in [0.717, 1.165) is 47.5 Å². The largest absolute Gasteiger partial charge is 0.418 e. The van der Waals surface area contributed by atoms with Crippen molar-refractivity contribution in [2.45, 2.75) is 30.9 Å². The van der Waals surface area contributed by atoms with Crippen molar-refractivity contribution in [2.24, 2.45) is 7.05 Å². The normalized spacial score (nSPS) is 15.6. The molecule has 3 aromatic heterocycles. The molecule has 5 rings (SSSR count). The van der Waals surface area contributed by atoms with Crippen LogP contribution in [0.1, 0.15) is 46.7 Å². The molecule has 1 N–H and O–H groups in total. The quantitative estimate of drug-likeness (QED) is 0.489. The summed E-state index contributed by atoms with van der Waals surface area (Å²) in [4.78, 5) is 26.7. The molecular weight excluding hydrogens is 423 g/mol. The van der Waals surface area contributed by atoms with E-state index < -0.39 is 22.7 Å². The SMILES string of the molecule is Cn1cnnc1C1(c2cccc(-n3cc(C(F)(F)F)c4cc(C=O)[nH]c4c3=O)c2)CCC1. The molecule has 0 radical (unpaired) electrons. The number of rotatable bonds is 4. The fourth-order valence-corrected chi connectivity index (χ4v) is 4.56. The Kier molecular flexibility index (Phi) is 4.37. The van der Waals surface area contributed by atoms with Gasteiger partial charge in [-0.1, -0.05) is 18.6 Å². The molecule has 3 heterocycles. The van der Waals surface area contributed by atoms with Crippen LogP contribution in [0.25, 0.3) is 16.6 Å². The van der Waals surface area contributed by atoms with Gasteiger partial charge in [-0.15, -0.1) is 10.2 Å². The maximum atomic E-state index is 13.8. The molecule has 0 atom stereocenters. The van der Waals surface area contributed by atoms with Crippen molar-refractivity contribution >= 4 is 17.2 Å². The van der Waals surface area contributed by atoms with Gasteiger partial charge in [-0.05, 0) is 36.6 Å². The van der Waals surface area contributed by atoms with Crippen molar-refractivity contribution in [1.29, 1.82) is 0 Å². The Bertz CT molecular complexity index is 1410. The molecule has 1 aliphatic rings. The first-order chi connectivity index (χ1) is 15.2. The van der Waals surface area contributed by atoms with Crippen LogP contribution in [0, 0.1) is 0 Å². The lowest BCUT2D eigenvalue weighted by Gasteiger charge is -2.41. The monoisotopic (exact) mass is 441 g/mol. The zero-order chi connectivity index (χ0) is 22.7. The van der Waals surface area contributed by atoms with Crippen molar-refractivity contribution in [2.75, 3.05) is 0 Å². The minimum atomic E-state index is -4.71. The highest BCUT2D eigenvalue weighted by Gasteiger charge is 2.44. The fourth-order valence-electron chi connectivity index (χ4n) is 4.56. The van der Waals surface area contributed by atoms with Crippen LogP contribution in [0.3, 0.4) is 0 Å². The predicted molar refractivity (Wildman–Crippen MR) is 110 cm³/mol. The highest BCUT2D eigenvalue weighted by molar-refractivity contribution is 5.90. The van der Waals surface area contributed by atoms with E-state index in [2.05, 4.69) is 15.2 Å². The maximum absolute atomic E-state index is 13.8. The summed E-state index contributed by atoms with van der Waals surface area (Å²) in [6.45, 7) is 0. The number of carbonyl (C=O) groups excluding carboxylic acids is 1. The molecule has 164 valence electrons. The van der Waals surface area contributed by atoms with Crippen LogP contribution in [0.5, 0.6) is 0 Å². The number of hydrogen-bond acceptors (Lipinski definition) is 4. The molecule has 1 saturated carbocycles. The number of hydrogen-bond donors (Lipinski definition) is 1. The second kappa shape index (κ2) is 6.91. The highest BCUT2D eigenvalue weighted by Crippen LogP contribution is 2.48. The third-order valence-corrected chi connectivity index (χ3v) is 6.28. The fraction of sp³-hybridized carbons (Fsp3) is 0.273. The number of nitrogens with one attached hydrogen (secondary N) is 1. The molecule has 0 spiro atoms. The number of alkyl halides is 3. The number of aromatic amines is 1. The molecule has 0 amide bonds. The number of nitrogens with zero attached hydrogens (tertiary/aromatic N) is 4. The Morgan fingerprint density at radius 2 is 2.00 bits per heavy atom. The Balaban J connectivity index is 1.72. The van der Waals surface area contributed by atoms with Gasteiger partial charge < -0.3 is 9.55 Å². The second-order valence-corrected chi connectivity index (χ2v) is 8.10. The second-order valence-electron chi connectivity index (χ2n) is 8.10. The summed E-state index contributed by atoms with van der Waals surface area (Å²) in [5.41, 5.74) is -1.26. The molecule has 1 aromatic carbocycles. The van der Waals surface area contributed by atoms with Crippen LogP contribution in [-0.4, -0.2) is 30.6 Å². The number of aryl methyl sites for hydroxylation is 1. The predicted octanol–water partition coefficient (Wildman–Crippen LogP) is 3.75. The van der Waals surface area contributed by atoms with Crippen LogP contribution >= 0.6 is 0 Å². The number of pyridine rings is 1. The number of aromatic nitrogens is 5. The number of halogens is 3. The lowest BCUT2D eigenvalue weighted by molar-refractivity contribution is -0.136. The van der Waals surface area contributed by atoms with Gasteiger partial charge in [0.2, 0.25) is 0 Å². The molecule has 4 aromatic rings. The van der Waals surface area contributed by atoms with Crippen LogP contribution in [0.4, 0.5) is 13.2 Å². The van der Waals surface area contributed by atoms with Crippen molar-refractivity contribution in [3.05, 3.63) is 75.9 Å².